The maximum atomic E-state index is 11.9. The lowest BCUT2D eigenvalue weighted by atomic mass is 10.2. The first-order valence-corrected chi connectivity index (χ1v) is 6.16. The average molecular weight is 249 g/mol. The topological polar surface area (TPSA) is 44.9 Å². The van der Waals surface area contributed by atoms with E-state index in [1.54, 1.807) is 0 Å². The van der Waals surface area contributed by atoms with Crippen LogP contribution >= 0.6 is 11.6 Å². The first-order valence-electron chi connectivity index (χ1n) is 5.79. The van der Waals surface area contributed by atoms with Gasteiger partial charge in [0.25, 0.3) is 5.91 Å². The Morgan fingerprint density at radius 3 is 3.00 bits per heavy atom. The zero-order valence-electron chi connectivity index (χ0n) is 9.29. The fraction of sp³-hybridized carbons (Fsp3) is 0.308. The van der Waals surface area contributed by atoms with Gasteiger partial charge < -0.3 is 10.3 Å². The van der Waals surface area contributed by atoms with Crippen LogP contribution in [0.3, 0.4) is 0 Å². The van der Waals surface area contributed by atoms with E-state index in [2.05, 4.69) is 10.3 Å². The SMILES string of the molecule is O=C(NCC1CC1)c1cc2cc(Cl)ccc2[nH]1. The van der Waals surface area contributed by atoms with Gasteiger partial charge in [0, 0.05) is 22.5 Å². The summed E-state index contributed by atoms with van der Waals surface area (Å²) in [6, 6.07) is 7.39. The van der Waals surface area contributed by atoms with Crippen molar-refractivity contribution in [2.75, 3.05) is 6.54 Å². The summed E-state index contributed by atoms with van der Waals surface area (Å²) in [5, 5.41) is 4.58. The van der Waals surface area contributed by atoms with Gasteiger partial charge in [0.15, 0.2) is 0 Å². The highest BCUT2D eigenvalue weighted by atomic mass is 35.5. The number of carbonyl (C=O) groups is 1. The van der Waals surface area contributed by atoms with Crippen LogP contribution < -0.4 is 5.32 Å². The fourth-order valence-electron chi connectivity index (χ4n) is 1.88. The van der Waals surface area contributed by atoms with Gasteiger partial charge in [-0.1, -0.05) is 11.6 Å². The number of amides is 1. The molecule has 0 bridgehead atoms. The summed E-state index contributed by atoms with van der Waals surface area (Å²) >= 11 is 5.90. The van der Waals surface area contributed by atoms with E-state index in [-0.39, 0.29) is 5.91 Å². The van der Waals surface area contributed by atoms with E-state index >= 15 is 0 Å². The number of rotatable bonds is 3. The molecule has 0 saturated heterocycles. The number of benzene rings is 1. The molecule has 0 aliphatic heterocycles. The van der Waals surface area contributed by atoms with Crippen LogP contribution in [-0.4, -0.2) is 17.4 Å². The molecule has 88 valence electrons. The summed E-state index contributed by atoms with van der Waals surface area (Å²) < 4.78 is 0. The maximum Gasteiger partial charge on any atom is 0.267 e. The molecule has 1 aromatic heterocycles. The van der Waals surface area contributed by atoms with Crippen LogP contribution in [0, 0.1) is 5.92 Å². The van der Waals surface area contributed by atoms with E-state index in [4.69, 9.17) is 11.6 Å². The second-order valence-electron chi connectivity index (χ2n) is 4.57. The molecule has 1 heterocycles. The monoisotopic (exact) mass is 248 g/mol. The molecule has 4 heteroatoms. The molecule has 0 spiro atoms. The molecule has 2 N–H and O–H groups in total. The fourth-order valence-corrected chi connectivity index (χ4v) is 2.06. The standard InChI is InChI=1S/C13H13ClN2O/c14-10-3-4-11-9(5-10)6-12(16-11)13(17)15-7-8-1-2-8/h3-6,8,16H,1-2,7H2,(H,15,17). The highest BCUT2D eigenvalue weighted by molar-refractivity contribution is 6.31. The molecule has 3 rings (SSSR count). The molecular weight excluding hydrogens is 236 g/mol. The van der Waals surface area contributed by atoms with E-state index in [9.17, 15) is 4.79 Å². The van der Waals surface area contributed by atoms with Gasteiger partial charge in [-0.3, -0.25) is 4.79 Å². The lowest BCUT2D eigenvalue weighted by molar-refractivity contribution is 0.0947. The lowest BCUT2D eigenvalue weighted by Crippen LogP contribution is -2.25. The maximum absolute atomic E-state index is 11.9. The minimum absolute atomic E-state index is 0.0378. The Morgan fingerprint density at radius 1 is 1.41 bits per heavy atom. The smallest absolute Gasteiger partial charge is 0.267 e. The Hall–Kier alpha value is -1.48. The Balaban J connectivity index is 1.81. The first kappa shape index (κ1) is 10.7. The Bertz CT molecular complexity index is 572. The van der Waals surface area contributed by atoms with Crippen LogP contribution in [-0.2, 0) is 0 Å². The van der Waals surface area contributed by atoms with E-state index in [1.807, 2.05) is 24.3 Å². The van der Waals surface area contributed by atoms with Gasteiger partial charge in [-0.15, -0.1) is 0 Å². The Labute approximate surface area is 104 Å². The second-order valence-corrected chi connectivity index (χ2v) is 5.00. The molecule has 1 saturated carbocycles. The van der Waals surface area contributed by atoms with Crippen molar-refractivity contribution in [1.29, 1.82) is 0 Å². The van der Waals surface area contributed by atoms with Crippen molar-refractivity contribution < 1.29 is 4.79 Å². The summed E-state index contributed by atoms with van der Waals surface area (Å²) in [5.74, 6) is 0.655. The zero-order chi connectivity index (χ0) is 11.8. The normalized spacial score (nSPS) is 15.1. The molecule has 1 aliphatic carbocycles. The number of nitrogens with one attached hydrogen (secondary N) is 2. The zero-order valence-corrected chi connectivity index (χ0v) is 10.1. The van der Waals surface area contributed by atoms with Gasteiger partial charge in [-0.2, -0.15) is 0 Å². The van der Waals surface area contributed by atoms with Crippen LogP contribution in [0.15, 0.2) is 24.3 Å². The highest BCUT2D eigenvalue weighted by Gasteiger charge is 2.22. The molecular formula is C13H13ClN2O. The van der Waals surface area contributed by atoms with Crippen LogP contribution in [0.1, 0.15) is 23.3 Å². The molecule has 3 nitrogen and oxygen atoms in total. The lowest BCUT2D eigenvalue weighted by Gasteiger charge is -2.00. The van der Waals surface area contributed by atoms with E-state index < -0.39 is 0 Å². The minimum Gasteiger partial charge on any atom is -0.351 e. The van der Waals surface area contributed by atoms with Crippen LogP contribution in [0.4, 0.5) is 0 Å². The van der Waals surface area contributed by atoms with Gasteiger partial charge in [-0.25, -0.2) is 0 Å². The van der Waals surface area contributed by atoms with Gasteiger partial charge in [0.2, 0.25) is 0 Å². The van der Waals surface area contributed by atoms with Crippen LogP contribution in [0.2, 0.25) is 5.02 Å². The number of carbonyl (C=O) groups excluding carboxylic acids is 1. The predicted octanol–water partition coefficient (Wildman–Crippen LogP) is 2.96. The predicted molar refractivity (Wildman–Crippen MR) is 68.4 cm³/mol. The van der Waals surface area contributed by atoms with E-state index in [0.717, 1.165) is 17.4 Å². The summed E-state index contributed by atoms with van der Waals surface area (Å²) in [4.78, 5) is 15.0. The minimum atomic E-state index is -0.0378. The summed E-state index contributed by atoms with van der Waals surface area (Å²) in [6.45, 7) is 0.787. The average Bonchev–Trinajstić information content (AvgIpc) is 3.04. The van der Waals surface area contributed by atoms with Gasteiger partial charge in [0.1, 0.15) is 5.69 Å². The largest absolute Gasteiger partial charge is 0.351 e. The Morgan fingerprint density at radius 2 is 2.24 bits per heavy atom. The van der Waals surface area contributed by atoms with Gasteiger partial charge >= 0.3 is 0 Å². The molecule has 0 unspecified atom stereocenters. The third kappa shape index (κ3) is 2.29. The van der Waals surface area contributed by atoms with E-state index in [1.165, 1.54) is 12.8 Å². The van der Waals surface area contributed by atoms with Crippen LogP contribution in [0.5, 0.6) is 0 Å². The molecule has 2 aromatic rings. The van der Waals surface area contributed by atoms with Crippen LogP contribution in [0.25, 0.3) is 10.9 Å². The number of fused-ring (bicyclic) bond motifs is 1. The number of aromatic amines is 1. The number of halogens is 1. The van der Waals surface area contributed by atoms with Crippen molar-refractivity contribution in [3.8, 4) is 0 Å². The van der Waals surface area contributed by atoms with Crippen molar-refractivity contribution >= 4 is 28.4 Å². The van der Waals surface area contributed by atoms with Crippen molar-refractivity contribution in [3.05, 3.63) is 35.0 Å². The third-order valence-electron chi connectivity index (χ3n) is 3.08. The molecule has 1 aromatic carbocycles. The number of hydrogen-bond acceptors (Lipinski definition) is 1. The third-order valence-corrected chi connectivity index (χ3v) is 3.31. The van der Waals surface area contributed by atoms with E-state index in [0.29, 0.717) is 16.6 Å². The molecule has 0 atom stereocenters. The number of H-pyrrole nitrogens is 1. The van der Waals surface area contributed by atoms with Crippen molar-refractivity contribution in [2.45, 2.75) is 12.8 Å². The second kappa shape index (κ2) is 4.08. The molecule has 1 fully saturated rings. The number of aromatic nitrogens is 1. The quantitative estimate of drug-likeness (QED) is 0.862. The first-order chi connectivity index (χ1) is 8.22. The van der Waals surface area contributed by atoms with Crippen molar-refractivity contribution in [2.24, 2.45) is 5.92 Å². The number of hydrogen-bond donors (Lipinski definition) is 2. The molecule has 1 amide bonds. The molecule has 1 aliphatic rings. The molecule has 17 heavy (non-hydrogen) atoms. The van der Waals surface area contributed by atoms with Crippen molar-refractivity contribution in [3.63, 3.8) is 0 Å². The van der Waals surface area contributed by atoms with Gasteiger partial charge in [-0.05, 0) is 43.0 Å². The summed E-state index contributed by atoms with van der Waals surface area (Å²) in [5.41, 5.74) is 1.54. The molecule has 0 radical (unpaired) electrons. The highest BCUT2D eigenvalue weighted by Crippen LogP contribution is 2.27. The summed E-state index contributed by atoms with van der Waals surface area (Å²) in [7, 11) is 0. The Kier molecular flexibility index (Phi) is 2.56. The van der Waals surface area contributed by atoms with Gasteiger partial charge in [0.05, 0.1) is 0 Å². The van der Waals surface area contributed by atoms with Crippen molar-refractivity contribution in [1.82, 2.24) is 10.3 Å². The summed E-state index contributed by atoms with van der Waals surface area (Å²) in [6.07, 6.45) is 2.48.